The van der Waals surface area contributed by atoms with Gasteiger partial charge in [0, 0.05) is 11.1 Å². The lowest BCUT2D eigenvalue weighted by atomic mass is 10.2. The molecule has 0 aliphatic carbocycles. The third-order valence-electron chi connectivity index (χ3n) is 5.06. The number of rotatable bonds is 12. The standard InChI is InChI=1S/C22H26N8O5/c1-31-17-7-5-15(13-19(17)33-3)21-23-27-29(25-21)9-11-35-12-10-30-26-22(24-28-30)16-6-8-18(32-2)20(14-16)34-4/h5-8,13-14H,9-12H2,1-4H3. The summed E-state index contributed by atoms with van der Waals surface area (Å²) in [6.45, 7) is 1.70. The van der Waals surface area contributed by atoms with E-state index in [0.29, 0.717) is 61.0 Å². The zero-order valence-corrected chi connectivity index (χ0v) is 19.9. The van der Waals surface area contributed by atoms with Crippen LogP contribution in [0.15, 0.2) is 36.4 Å². The Hall–Kier alpha value is -4.26. The van der Waals surface area contributed by atoms with Crippen LogP contribution in [0, 0.1) is 0 Å². The Labute approximate surface area is 201 Å². The van der Waals surface area contributed by atoms with Crippen molar-refractivity contribution in [3.05, 3.63) is 36.4 Å². The summed E-state index contributed by atoms with van der Waals surface area (Å²) >= 11 is 0. The van der Waals surface area contributed by atoms with Gasteiger partial charge in [0.25, 0.3) is 0 Å². The summed E-state index contributed by atoms with van der Waals surface area (Å²) in [6.07, 6.45) is 0. The predicted molar refractivity (Wildman–Crippen MR) is 124 cm³/mol. The van der Waals surface area contributed by atoms with Gasteiger partial charge in [-0.2, -0.15) is 9.59 Å². The molecule has 4 rings (SSSR count). The summed E-state index contributed by atoms with van der Waals surface area (Å²) in [6, 6.07) is 10.9. The maximum atomic E-state index is 5.67. The van der Waals surface area contributed by atoms with Crippen LogP contribution in [-0.2, 0) is 17.8 Å². The van der Waals surface area contributed by atoms with Crippen molar-refractivity contribution in [2.45, 2.75) is 13.1 Å². The van der Waals surface area contributed by atoms with Gasteiger partial charge in [-0.15, -0.1) is 20.4 Å². The molecular weight excluding hydrogens is 456 g/mol. The van der Waals surface area contributed by atoms with E-state index < -0.39 is 0 Å². The first-order valence-corrected chi connectivity index (χ1v) is 10.7. The molecule has 0 saturated carbocycles. The van der Waals surface area contributed by atoms with E-state index in [-0.39, 0.29) is 0 Å². The summed E-state index contributed by atoms with van der Waals surface area (Å²) in [7, 11) is 6.33. The number of nitrogens with zero attached hydrogens (tertiary/aromatic N) is 8. The lowest BCUT2D eigenvalue weighted by molar-refractivity contribution is 0.108. The second-order valence-corrected chi connectivity index (χ2v) is 7.17. The van der Waals surface area contributed by atoms with Crippen LogP contribution in [0.2, 0.25) is 0 Å². The second-order valence-electron chi connectivity index (χ2n) is 7.17. The molecule has 0 bridgehead atoms. The highest BCUT2D eigenvalue weighted by Gasteiger charge is 2.12. The van der Waals surface area contributed by atoms with Gasteiger partial charge < -0.3 is 23.7 Å². The minimum atomic E-state index is 0.402. The summed E-state index contributed by atoms with van der Waals surface area (Å²) in [5.74, 6) is 3.44. The predicted octanol–water partition coefficient (Wildman–Crippen LogP) is 1.74. The first-order chi connectivity index (χ1) is 17.1. The molecule has 0 aliphatic heterocycles. The average Bonchev–Trinajstić information content (AvgIpc) is 3.57. The van der Waals surface area contributed by atoms with Crippen molar-refractivity contribution in [3.63, 3.8) is 0 Å². The molecular formula is C22H26N8O5. The lowest BCUT2D eigenvalue weighted by Crippen LogP contribution is -2.13. The van der Waals surface area contributed by atoms with E-state index in [2.05, 4.69) is 30.8 Å². The molecule has 0 spiro atoms. The number of methoxy groups -OCH3 is 4. The van der Waals surface area contributed by atoms with Gasteiger partial charge in [0.2, 0.25) is 11.6 Å². The van der Waals surface area contributed by atoms with Crippen LogP contribution in [0.4, 0.5) is 0 Å². The highest BCUT2D eigenvalue weighted by atomic mass is 16.5. The van der Waals surface area contributed by atoms with E-state index in [0.717, 1.165) is 11.1 Å². The quantitative estimate of drug-likeness (QED) is 0.273. The van der Waals surface area contributed by atoms with Crippen LogP contribution >= 0.6 is 0 Å². The molecule has 2 heterocycles. The molecule has 0 saturated heterocycles. The minimum Gasteiger partial charge on any atom is -0.493 e. The largest absolute Gasteiger partial charge is 0.493 e. The van der Waals surface area contributed by atoms with Gasteiger partial charge in [-0.3, -0.25) is 0 Å². The number of ether oxygens (including phenoxy) is 5. The van der Waals surface area contributed by atoms with Crippen LogP contribution in [0.3, 0.4) is 0 Å². The Bertz CT molecular complexity index is 1160. The number of benzene rings is 2. The Kier molecular flexibility index (Phi) is 7.67. The summed E-state index contributed by atoms with van der Waals surface area (Å²) in [4.78, 5) is 2.96. The molecule has 0 amide bonds. The Morgan fingerprint density at radius 3 is 1.43 bits per heavy atom. The molecule has 13 heteroatoms. The Balaban J connectivity index is 1.25. The van der Waals surface area contributed by atoms with E-state index in [1.165, 1.54) is 9.59 Å². The molecule has 2 aromatic heterocycles. The van der Waals surface area contributed by atoms with E-state index in [9.17, 15) is 0 Å². The molecule has 0 N–H and O–H groups in total. The topological polar surface area (TPSA) is 133 Å². The van der Waals surface area contributed by atoms with Crippen molar-refractivity contribution >= 4 is 0 Å². The maximum absolute atomic E-state index is 5.67. The van der Waals surface area contributed by atoms with Crippen molar-refractivity contribution in [2.24, 2.45) is 0 Å². The van der Waals surface area contributed by atoms with Gasteiger partial charge in [-0.25, -0.2) is 0 Å². The monoisotopic (exact) mass is 482 g/mol. The molecule has 35 heavy (non-hydrogen) atoms. The number of aromatic nitrogens is 8. The lowest BCUT2D eigenvalue weighted by Gasteiger charge is -2.07. The Morgan fingerprint density at radius 1 is 0.600 bits per heavy atom. The molecule has 13 nitrogen and oxygen atoms in total. The fourth-order valence-corrected chi connectivity index (χ4v) is 3.25. The van der Waals surface area contributed by atoms with Crippen LogP contribution in [0.1, 0.15) is 0 Å². The van der Waals surface area contributed by atoms with Crippen molar-refractivity contribution in [2.75, 3.05) is 41.7 Å². The fraction of sp³-hybridized carbons (Fsp3) is 0.364. The fourth-order valence-electron chi connectivity index (χ4n) is 3.25. The minimum absolute atomic E-state index is 0.402. The SMILES string of the molecule is COc1ccc(-c2nnn(CCOCCn3nnc(-c4ccc(OC)c(OC)c4)n3)n2)cc1OC. The van der Waals surface area contributed by atoms with Crippen LogP contribution < -0.4 is 18.9 Å². The molecule has 184 valence electrons. The maximum Gasteiger partial charge on any atom is 0.205 e. The number of hydrogen-bond acceptors (Lipinski definition) is 11. The van der Waals surface area contributed by atoms with Gasteiger partial charge in [0.05, 0.1) is 54.7 Å². The van der Waals surface area contributed by atoms with E-state index >= 15 is 0 Å². The Morgan fingerprint density at radius 2 is 1.03 bits per heavy atom. The zero-order valence-electron chi connectivity index (χ0n) is 19.9. The summed E-state index contributed by atoms with van der Waals surface area (Å²) < 4.78 is 26.8. The third-order valence-corrected chi connectivity index (χ3v) is 5.06. The highest BCUT2D eigenvalue weighted by Crippen LogP contribution is 2.31. The smallest absolute Gasteiger partial charge is 0.205 e. The number of hydrogen-bond donors (Lipinski definition) is 0. The summed E-state index contributed by atoms with van der Waals surface area (Å²) in [5, 5.41) is 25.1. The highest BCUT2D eigenvalue weighted by molar-refractivity contribution is 5.61. The molecule has 0 atom stereocenters. The van der Waals surface area contributed by atoms with Crippen molar-refractivity contribution in [1.29, 1.82) is 0 Å². The van der Waals surface area contributed by atoms with Crippen LogP contribution in [-0.4, -0.2) is 82.1 Å². The van der Waals surface area contributed by atoms with Crippen molar-refractivity contribution < 1.29 is 23.7 Å². The molecule has 2 aromatic carbocycles. The molecule has 0 radical (unpaired) electrons. The van der Waals surface area contributed by atoms with Crippen LogP contribution in [0.5, 0.6) is 23.0 Å². The van der Waals surface area contributed by atoms with Gasteiger partial charge in [0.1, 0.15) is 0 Å². The summed E-state index contributed by atoms with van der Waals surface area (Å²) in [5.41, 5.74) is 1.55. The first-order valence-electron chi connectivity index (χ1n) is 10.7. The first kappa shape index (κ1) is 23.9. The van der Waals surface area contributed by atoms with E-state index in [1.807, 2.05) is 12.1 Å². The van der Waals surface area contributed by atoms with Gasteiger partial charge >= 0.3 is 0 Å². The van der Waals surface area contributed by atoms with Gasteiger partial charge in [-0.1, -0.05) is 0 Å². The van der Waals surface area contributed by atoms with Crippen molar-refractivity contribution in [3.8, 4) is 45.8 Å². The molecule has 0 unspecified atom stereocenters. The van der Waals surface area contributed by atoms with Crippen LogP contribution in [0.25, 0.3) is 22.8 Å². The normalized spacial score (nSPS) is 10.9. The average molecular weight is 483 g/mol. The third kappa shape index (κ3) is 5.63. The molecule has 0 fully saturated rings. The molecule has 4 aromatic rings. The molecule has 0 aliphatic rings. The van der Waals surface area contributed by atoms with Gasteiger partial charge in [-0.05, 0) is 46.8 Å². The zero-order chi connectivity index (χ0) is 24.6. The van der Waals surface area contributed by atoms with Crippen molar-refractivity contribution in [1.82, 2.24) is 40.4 Å². The number of tetrazole rings is 2. The van der Waals surface area contributed by atoms with E-state index in [4.69, 9.17) is 23.7 Å². The second kappa shape index (κ2) is 11.2. The van der Waals surface area contributed by atoms with E-state index in [1.54, 1.807) is 52.7 Å². The van der Waals surface area contributed by atoms with Gasteiger partial charge in [0.15, 0.2) is 23.0 Å².